The fourth-order valence-corrected chi connectivity index (χ4v) is 4.17. The van der Waals surface area contributed by atoms with E-state index in [1.807, 2.05) is 0 Å². The highest BCUT2D eigenvalue weighted by Crippen LogP contribution is 2.27. The molecular formula is C14H11BrClF2NO2S. The van der Waals surface area contributed by atoms with Gasteiger partial charge in [0.2, 0.25) is 10.0 Å². The number of halogens is 4. The normalized spacial score (nSPS) is 13.1. The van der Waals surface area contributed by atoms with Gasteiger partial charge in [-0.3, -0.25) is 0 Å². The van der Waals surface area contributed by atoms with Crippen molar-refractivity contribution in [1.82, 2.24) is 4.72 Å². The van der Waals surface area contributed by atoms with Crippen LogP contribution in [-0.2, 0) is 10.0 Å². The first kappa shape index (κ1) is 17.3. The second-order valence-electron chi connectivity index (χ2n) is 4.58. The Morgan fingerprint density at radius 2 is 1.86 bits per heavy atom. The Hall–Kier alpha value is -1.02. The van der Waals surface area contributed by atoms with Gasteiger partial charge in [0.1, 0.15) is 16.5 Å². The summed E-state index contributed by atoms with van der Waals surface area (Å²) in [5, 5.41) is 0.0358. The van der Waals surface area contributed by atoms with Crippen LogP contribution in [0.2, 0.25) is 5.02 Å². The fourth-order valence-electron chi connectivity index (χ4n) is 1.91. The summed E-state index contributed by atoms with van der Waals surface area (Å²) in [4.78, 5) is -0.119. The molecule has 118 valence electrons. The van der Waals surface area contributed by atoms with Gasteiger partial charge in [-0.1, -0.05) is 33.6 Å². The molecule has 0 spiro atoms. The summed E-state index contributed by atoms with van der Waals surface area (Å²) in [5.74, 6) is -1.55. The maximum Gasteiger partial charge on any atom is 0.242 e. The highest BCUT2D eigenvalue weighted by molar-refractivity contribution is 9.10. The molecule has 0 aliphatic rings. The lowest BCUT2D eigenvalue weighted by molar-refractivity contribution is 0.540. The quantitative estimate of drug-likeness (QED) is 0.811. The molecular weight excluding hydrogens is 400 g/mol. The number of hydrogen-bond acceptors (Lipinski definition) is 2. The molecule has 3 nitrogen and oxygen atoms in total. The Bertz CT molecular complexity index is 814. The molecule has 22 heavy (non-hydrogen) atoms. The predicted molar refractivity (Wildman–Crippen MR) is 84.2 cm³/mol. The van der Waals surface area contributed by atoms with E-state index in [2.05, 4.69) is 20.7 Å². The Morgan fingerprint density at radius 3 is 2.45 bits per heavy atom. The smallest absolute Gasteiger partial charge is 0.207 e. The van der Waals surface area contributed by atoms with Gasteiger partial charge in [-0.25, -0.2) is 21.9 Å². The molecule has 0 aliphatic carbocycles. The van der Waals surface area contributed by atoms with E-state index in [1.165, 1.54) is 31.2 Å². The van der Waals surface area contributed by atoms with E-state index in [4.69, 9.17) is 11.6 Å². The molecule has 0 saturated carbocycles. The SMILES string of the molecule is C[C@H](NS(=O)(=O)c1ccc(Br)cc1Cl)c1ccc(F)cc1F. The molecule has 0 unspecified atom stereocenters. The predicted octanol–water partition coefficient (Wildman–Crippen LogP) is 4.42. The van der Waals surface area contributed by atoms with Gasteiger partial charge >= 0.3 is 0 Å². The van der Waals surface area contributed by atoms with E-state index < -0.39 is 27.7 Å². The summed E-state index contributed by atoms with van der Waals surface area (Å²) in [6, 6.07) is 6.39. The van der Waals surface area contributed by atoms with Crippen LogP contribution in [0.1, 0.15) is 18.5 Å². The second-order valence-corrected chi connectivity index (χ2v) is 7.59. The molecule has 2 aromatic carbocycles. The summed E-state index contributed by atoms with van der Waals surface area (Å²) in [6.45, 7) is 1.46. The van der Waals surface area contributed by atoms with Crippen molar-refractivity contribution in [3.8, 4) is 0 Å². The van der Waals surface area contributed by atoms with Crippen molar-refractivity contribution >= 4 is 37.6 Å². The minimum atomic E-state index is -3.95. The van der Waals surface area contributed by atoms with Crippen LogP contribution in [-0.4, -0.2) is 8.42 Å². The molecule has 0 radical (unpaired) electrons. The van der Waals surface area contributed by atoms with Gasteiger partial charge in [-0.05, 0) is 31.2 Å². The van der Waals surface area contributed by atoms with E-state index in [0.29, 0.717) is 10.5 Å². The minimum absolute atomic E-state index is 0.0358. The van der Waals surface area contributed by atoms with E-state index in [-0.39, 0.29) is 15.5 Å². The van der Waals surface area contributed by atoms with Crippen molar-refractivity contribution in [2.75, 3.05) is 0 Å². The van der Waals surface area contributed by atoms with Gasteiger partial charge in [0.25, 0.3) is 0 Å². The van der Waals surface area contributed by atoms with Crippen LogP contribution in [0, 0.1) is 11.6 Å². The number of sulfonamides is 1. The van der Waals surface area contributed by atoms with E-state index in [0.717, 1.165) is 6.07 Å². The highest BCUT2D eigenvalue weighted by Gasteiger charge is 2.22. The van der Waals surface area contributed by atoms with Crippen molar-refractivity contribution in [3.63, 3.8) is 0 Å². The lowest BCUT2D eigenvalue weighted by atomic mass is 10.1. The van der Waals surface area contributed by atoms with Gasteiger partial charge in [-0.2, -0.15) is 0 Å². The Balaban J connectivity index is 2.31. The van der Waals surface area contributed by atoms with Crippen LogP contribution in [0.4, 0.5) is 8.78 Å². The van der Waals surface area contributed by atoms with E-state index in [9.17, 15) is 17.2 Å². The van der Waals surface area contributed by atoms with Crippen LogP contribution < -0.4 is 4.72 Å². The number of nitrogens with one attached hydrogen (secondary N) is 1. The van der Waals surface area contributed by atoms with Crippen molar-refractivity contribution in [2.24, 2.45) is 0 Å². The van der Waals surface area contributed by atoms with E-state index >= 15 is 0 Å². The summed E-state index contributed by atoms with van der Waals surface area (Å²) in [6.07, 6.45) is 0. The lowest BCUT2D eigenvalue weighted by Gasteiger charge is -2.16. The summed E-state index contributed by atoms with van der Waals surface area (Å²) in [7, 11) is -3.95. The molecule has 1 N–H and O–H groups in total. The van der Waals surface area contributed by atoms with Gasteiger partial charge < -0.3 is 0 Å². The average molecular weight is 411 g/mol. The van der Waals surface area contributed by atoms with Crippen LogP contribution in [0.25, 0.3) is 0 Å². The Labute approximate surface area is 140 Å². The molecule has 0 saturated heterocycles. The maximum atomic E-state index is 13.7. The maximum absolute atomic E-state index is 13.7. The zero-order valence-corrected chi connectivity index (χ0v) is 14.4. The molecule has 0 amide bonds. The molecule has 2 aromatic rings. The van der Waals surface area contributed by atoms with Crippen molar-refractivity contribution < 1.29 is 17.2 Å². The number of rotatable bonds is 4. The molecule has 0 aromatic heterocycles. The Kier molecular flexibility index (Phi) is 5.21. The van der Waals surface area contributed by atoms with Gasteiger partial charge in [0.15, 0.2) is 0 Å². The zero-order valence-electron chi connectivity index (χ0n) is 11.3. The first-order valence-corrected chi connectivity index (χ1v) is 8.78. The topological polar surface area (TPSA) is 46.2 Å². The molecule has 1 atom stereocenters. The van der Waals surface area contributed by atoms with Gasteiger partial charge in [-0.15, -0.1) is 0 Å². The van der Waals surface area contributed by atoms with Crippen molar-refractivity contribution in [3.05, 3.63) is 63.1 Å². The minimum Gasteiger partial charge on any atom is -0.207 e. The first-order chi connectivity index (χ1) is 10.2. The number of benzene rings is 2. The second kappa shape index (κ2) is 6.62. The van der Waals surface area contributed by atoms with Gasteiger partial charge in [0.05, 0.1) is 5.02 Å². The average Bonchev–Trinajstić information content (AvgIpc) is 2.37. The third kappa shape index (κ3) is 3.84. The van der Waals surface area contributed by atoms with Crippen LogP contribution >= 0.6 is 27.5 Å². The fraction of sp³-hybridized carbons (Fsp3) is 0.143. The third-order valence-corrected chi connectivity index (χ3v) is 5.46. The highest BCUT2D eigenvalue weighted by atomic mass is 79.9. The third-order valence-electron chi connectivity index (χ3n) is 2.94. The molecule has 0 heterocycles. The molecule has 0 aliphatic heterocycles. The molecule has 0 bridgehead atoms. The monoisotopic (exact) mass is 409 g/mol. The van der Waals surface area contributed by atoms with Crippen LogP contribution in [0.15, 0.2) is 45.8 Å². The zero-order chi connectivity index (χ0) is 16.5. The van der Waals surface area contributed by atoms with Crippen molar-refractivity contribution in [2.45, 2.75) is 17.9 Å². The Morgan fingerprint density at radius 1 is 1.18 bits per heavy atom. The largest absolute Gasteiger partial charge is 0.242 e. The summed E-state index contributed by atoms with van der Waals surface area (Å²) >= 11 is 9.10. The number of hydrogen-bond donors (Lipinski definition) is 1. The molecule has 2 rings (SSSR count). The molecule has 8 heteroatoms. The van der Waals surface area contributed by atoms with E-state index in [1.54, 1.807) is 0 Å². The summed E-state index contributed by atoms with van der Waals surface area (Å²) in [5.41, 5.74) is 0.0400. The van der Waals surface area contributed by atoms with Crippen LogP contribution in [0.3, 0.4) is 0 Å². The first-order valence-electron chi connectivity index (χ1n) is 6.13. The van der Waals surface area contributed by atoms with Gasteiger partial charge in [0, 0.05) is 22.1 Å². The lowest BCUT2D eigenvalue weighted by Crippen LogP contribution is -2.27. The van der Waals surface area contributed by atoms with Crippen molar-refractivity contribution in [1.29, 1.82) is 0 Å². The van der Waals surface area contributed by atoms with Crippen LogP contribution in [0.5, 0.6) is 0 Å². The molecule has 0 fully saturated rings. The standard InChI is InChI=1S/C14H11BrClF2NO2S/c1-8(11-4-3-10(17)7-13(11)18)19-22(20,21)14-5-2-9(15)6-12(14)16/h2-8,19H,1H3/t8-/m0/s1. The summed E-state index contributed by atoms with van der Waals surface area (Å²) < 4.78 is 54.2.